The van der Waals surface area contributed by atoms with E-state index >= 15 is 0 Å². The van der Waals surface area contributed by atoms with Crippen LogP contribution in [-0.2, 0) is 14.4 Å². The first-order valence-electron chi connectivity index (χ1n) is 16.0. The van der Waals surface area contributed by atoms with Gasteiger partial charge in [-0.15, -0.1) is 11.8 Å². The number of nitrogens with zero attached hydrogens (tertiary/aromatic N) is 3. The number of ether oxygens (including phenoxy) is 1. The number of fused-ring (bicyclic) bond motifs is 2. The number of rotatable bonds is 9. The second-order valence-corrected chi connectivity index (χ2v) is 16.4. The summed E-state index contributed by atoms with van der Waals surface area (Å²) in [6.45, 7) is 16.6. The number of benzene rings is 1. The van der Waals surface area contributed by atoms with E-state index in [1.165, 1.54) is 0 Å². The number of likely N-dealkylation sites (tertiary alicyclic amines) is 1. The summed E-state index contributed by atoms with van der Waals surface area (Å²) in [7, 11) is 0. The lowest BCUT2D eigenvalue weighted by atomic mass is 9.74. The van der Waals surface area contributed by atoms with Gasteiger partial charge in [-0.25, -0.2) is 0 Å². The largest absolute Gasteiger partial charge is 0.494 e. The van der Waals surface area contributed by atoms with Gasteiger partial charge in [0, 0.05) is 42.2 Å². The fourth-order valence-corrected chi connectivity index (χ4v) is 10.4. The molecular formula is C35H49N3O5S. The number of hydrogen-bond donors (Lipinski definition) is 1. The van der Waals surface area contributed by atoms with Crippen molar-refractivity contribution >= 4 is 35.2 Å². The number of amides is 3. The lowest BCUT2D eigenvalue weighted by Crippen LogP contribution is -2.58. The van der Waals surface area contributed by atoms with Crippen molar-refractivity contribution < 1.29 is 24.2 Å². The van der Waals surface area contributed by atoms with Crippen molar-refractivity contribution in [1.29, 1.82) is 0 Å². The molecule has 0 aliphatic carbocycles. The van der Waals surface area contributed by atoms with E-state index in [4.69, 9.17) is 4.74 Å². The van der Waals surface area contributed by atoms with Crippen LogP contribution in [0.25, 0.3) is 0 Å². The summed E-state index contributed by atoms with van der Waals surface area (Å²) in [6.07, 6.45) is 10.2. The number of carbonyl (C=O) groups is 3. The smallest absolute Gasteiger partial charge is 0.247 e. The molecular weight excluding hydrogens is 574 g/mol. The Kier molecular flexibility index (Phi) is 8.79. The minimum absolute atomic E-state index is 0.00333. The second kappa shape index (κ2) is 11.9. The van der Waals surface area contributed by atoms with Gasteiger partial charge in [-0.2, -0.15) is 0 Å². The normalized spacial score (nSPS) is 30.3. The summed E-state index contributed by atoms with van der Waals surface area (Å²) in [4.78, 5) is 49.5. The summed E-state index contributed by atoms with van der Waals surface area (Å²) in [5, 5.41) is 9.53. The van der Waals surface area contributed by atoms with Gasteiger partial charge in [0.1, 0.15) is 11.8 Å². The van der Waals surface area contributed by atoms with E-state index in [0.29, 0.717) is 39.1 Å². The number of aliphatic hydroxyl groups excluding tert-OH is 1. The van der Waals surface area contributed by atoms with Crippen LogP contribution < -0.4 is 9.64 Å². The first-order valence-corrected chi connectivity index (χ1v) is 16.8. The molecule has 1 aromatic carbocycles. The van der Waals surface area contributed by atoms with E-state index in [2.05, 4.69) is 59.8 Å². The zero-order chi connectivity index (χ0) is 32.1. The molecule has 5 rings (SSSR count). The SMILES string of the molecule is CCOc1ccc(N2CC=C[C@@]3(C)S[C@]45C=CCN(C(C)(C)CC(C)(C)C)C(=O)C4N(CCCCO)C(=O)[C@@H]5[C@H]3C2=O)cc1. The molecule has 1 aromatic rings. The van der Waals surface area contributed by atoms with Crippen LogP contribution in [0, 0.1) is 17.3 Å². The topological polar surface area (TPSA) is 90.4 Å². The molecule has 2 fully saturated rings. The average molecular weight is 624 g/mol. The summed E-state index contributed by atoms with van der Waals surface area (Å²) in [6, 6.07) is 6.78. The van der Waals surface area contributed by atoms with E-state index in [9.17, 15) is 19.5 Å². The highest BCUT2D eigenvalue weighted by Crippen LogP contribution is 2.66. The zero-order valence-corrected chi connectivity index (χ0v) is 28.2. The van der Waals surface area contributed by atoms with E-state index in [1.54, 1.807) is 21.6 Å². The van der Waals surface area contributed by atoms with Crippen LogP contribution in [-0.4, -0.2) is 86.6 Å². The molecule has 8 nitrogen and oxygen atoms in total. The minimum Gasteiger partial charge on any atom is -0.494 e. The lowest BCUT2D eigenvalue weighted by Gasteiger charge is -2.44. The molecule has 1 unspecified atom stereocenters. The zero-order valence-electron chi connectivity index (χ0n) is 27.3. The number of aliphatic hydroxyl groups is 1. The molecule has 9 heteroatoms. The van der Waals surface area contributed by atoms with E-state index in [1.807, 2.05) is 42.2 Å². The summed E-state index contributed by atoms with van der Waals surface area (Å²) >= 11 is 1.61. The lowest BCUT2D eigenvalue weighted by molar-refractivity contribution is -0.146. The van der Waals surface area contributed by atoms with Gasteiger partial charge in [-0.3, -0.25) is 14.4 Å². The number of carbonyl (C=O) groups excluding carboxylic acids is 3. The van der Waals surface area contributed by atoms with Crippen molar-refractivity contribution in [3.63, 3.8) is 0 Å². The standard InChI is InChI=1S/C35H49N3O5S/c1-8-43-25-15-13-24(14-16-25)36-20-11-17-34(7)26(29(36)40)27-30(41)37(19-9-10-22-39)28-31(42)38(21-12-18-35(27,28)44-34)33(5,6)23-32(2,3)4/h11-18,26-28,39H,8-10,19-23H2,1-7H3/t26-,27-,28?,34+,35-/m0/s1. The molecule has 0 aromatic heterocycles. The minimum atomic E-state index is -0.888. The molecule has 3 amide bonds. The highest BCUT2D eigenvalue weighted by Gasteiger charge is 2.74. The number of hydrogen-bond acceptors (Lipinski definition) is 6. The Hall–Kier alpha value is -2.78. The van der Waals surface area contributed by atoms with Crippen molar-refractivity contribution in [1.82, 2.24) is 9.80 Å². The van der Waals surface area contributed by atoms with E-state index in [0.717, 1.165) is 17.9 Å². The Labute approximate surface area is 266 Å². The van der Waals surface area contributed by atoms with Crippen LogP contribution in [0.5, 0.6) is 5.75 Å². The van der Waals surface area contributed by atoms with Crippen LogP contribution in [0.3, 0.4) is 0 Å². The van der Waals surface area contributed by atoms with Crippen LogP contribution >= 0.6 is 11.8 Å². The van der Waals surface area contributed by atoms with Gasteiger partial charge in [-0.1, -0.05) is 45.1 Å². The van der Waals surface area contributed by atoms with Gasteiger partial charge < -0.3 is 24.5 Å². The van der Waals surface area contributed by atoms with Gasteiger partial charge >= 0.3 is 0 Å². The fourth-order valence-electron chi connectivity index (χ4n) is 8.21. The summed E-state index contributed by atoms with van der Waals surface area (Å²) in [5.74, 6) is -0.905. The second-order valence-electron chi connectivity index (χ2n) is 14.6. The van der Waals surface area contributed by atoms with Crippen LogP contribution in [0.15, 0.2) is 48.6 Å². The van der Waals surface area contributed by atoms with Crippen LogP contribution in [0.4, 0.5) is 5.69 Å². The molecule has 1 spiro atoms. The van der Waals surface area contributed by atoms with Crippen molar-refractivity contribution in [2.45, 2.75) is 88.8 Å². The molecule has 2 saturated heterocycles. The third-order valence-corrected chi connectivity index (χ3v) is 11.3. The number of thioether (sulfide) groups is 1. The van der Waals surface area contributed by atoms with Crippen molar-refractivity contribution in [3.8, 4) is 5.75 Å². The fraction of sp³-hybridized carbons (Fsp3) is 0.629. The molecule has 0 saturated carbocycles. The van der Waals surface area contributed by atoms with E-state index < -0.39 is 32.9 Å². The monoisotopic (exact) mass is 623 g/mol. The maximum atomic E-state index is 14.8. The van der Waals surface area contributed by atoms with Crippen molar-refractivity contribution in [3.05, 3.63) is 48.6 Å². The molecule has 4 heterocycles. The Morgan fingerprint density at radius 2 is 1.61 bits per heavy atom. The van der Waals surface area contributed by atoms with Gasteiger partial charge in [0.15, 0.2) is 0 Å². The molecule has 4 aliphatic heterocycles. The Morgan fingerprint density at radius 3 is 2.25 bits per heavy atom. The molecule has 240 valence electrons. The number of anilines is 1. The number of unbranched alkanes of at least 4 members (excludes halogenated alkanes) is 1. The third kappa shape index (κ3) is 5.59. The highest BCUT2D eigenvalue weighted by molar-refractivity contribution is 8.02. The van der Waals surface area contributed by atoms with Crippen molar-refractivity contribution in [2.75, 3.05) is 37.7 Å². The maximum absolute atomic E-state index is 14.8. The first kappa shape index (κ1) is 32.6. The quantitative estimate of drug-likeness (QED) is 0.306. The molecule has 0 radical (unpaired) electrons. The predicted octanol–water partition coefficient (Wildman–Crippen LogP) is 5.06. The predicted molar refractivity (Wildman–Crippen MR) is 176 cm³/mol. The molecule has 1 N–H and O–H groups in total. The Bertz CT molecular complexity index is 1330. The van der Waals surface area contributed by atoms with Gasteiger partial charge in [0.2, 0.25) is 17.7 Å². The molecule has 5 atom stereocenters. The first-order chi connectivity index (χ1) is 20.7. The van der Waals surface area contributed by atoms with Crippen LogP contribution in [0.1, 0.15) is 67.7 Å². The Balaban J connectivity index is 1.57. The summed E-state index contributed by atoms with van der Waals surface area (Å²) in [5.41, 5.74) is 0.305. The molecule has 4 aliphatic rings. The molecule has 0 bridgehead atoms. The van der Waals surface area contributed by atoms with Gasteiger partial charge in [0.25, 0.3) is 0 Å². The van der Waals surface area contributed by atoms with Gasteiger partial charge in [0.05, 0.1) is 23.2 Å². The highest BCUT2D eigenvalue weighted by atomic mass is 32.2. The average Bonchev–Trinajstić information content (AvgIpc) is 3.18. The van der Waals surface area contributed by atoms with Crippen molar-refractivity contribution in [2.24, 2.45) is 17.3 Å². The van der Waals surface area contributed by atoms with Crippen LogP contribution in [0.2, 0.25) is 0 Å². The summed E-state index contributed by atoms with van der Waals surface area (Å²) < 4.78 is 4.06. The maximum Gasteiger partial charge on any atom is 0.247 e. The molecule has 44 heavy (non-hydrogen) atoms. The van der Waals surface area contributed by atoms with E-state index in [-0.39, 0.29) is 29.7 Å². The third-order valence-electron chi connectivity index (χ3n) is 9.52. The Morgan fingerprint density at radius 1 is 0.932 bits per heavy atom. The van der Waals surface area contributed by atoms with Gasteiger partial charge in [-0.05, 0) is 76.6 Å².